The Labute approximate surface area is 164 Å². The number of carbonyl (C=O) groups excluding carboxylic acids is 1. The third-order valence-corrected chi connectivity index (χ3v) is 5.15. The minimum atomic E-state index is -0.391. The summed E-state index contributed by atoms with van der Waals surface area (Å²) in [5.41, 5.74) is 3.49. The van der Waals surface area contributed by atoms with Crippen LogP contribution in [0.15, 0.2) is 60.8 Å². The molecule has 142 valence electrons. The number of rotatable bonds is 3. The van der Waals surface area contributed by atoms with Crippen molar-refractivity contribution in [3.8, 4) is 11.4 Å². The fourth-order valence-corrected chi connectivity index (χ4v) is 3.73. The van der Waals surface area contributed by atoms with Crippen LogP contribution in [0.4, 0.5) is 4.39 Å². The molecule has 1 aliphatic heterocycles. The van der Waals surface area contributed by atoms with Crippen LogP contribution in [-0.2, 0) is 0 Å². The molecule has 1 fully saturated rings. The van der Waals surface area contributed by atoms with Crippen LogP contribution in [0, 0.1) is 12.7 Å². The van der Waals surface area contributed by atoms with Gasteiger partial charge in [0.2, 0.25) is 0 Å². The van der Waals surface area contributed by atoms with E-state index in [-0.39, 0.29) is 11.8 Å². The molecule has 1 saturated heterocycles. The van der Waals surface area contributed by atoms with E-state index in [0.29, 0.717) is 24.5 Å². The lowest BCUT2D eigenvalue weighted by Crippen LogP contribution is -2.39. The standard InChI is InChI=1S/C23H22FN3O/c1-16-5-2-6-17(13-16)22-25-11-10-21(26-22)19-8-4-12-27(15-19)23(28)18-7-3-9-20(24)14-18/h2-3,5-7,9-11,13-14,19H,4,8,12,15H2,1H3/t19-/m1/s1. The minimum absolute atomic E-state index is 0.128. The Balaban J connectivity index is 1.55. The topological polar surface area (TPSA) is 46.1 Å². The molecule has 2 aromatic carbocycles. The summed E-state index contributed by atoms with van der Waals surface area (Å²) in [6, 6.07) is 15.9. The van der Waals surface area contributed by atoms with Gasteiger partial charge in [-0.2, -0.15) is 0 Å². The summed E-state index contributed by atoms with van der Waals surface area (Å²) in [6.07, 6.45) is 3.65. The lowest BCUT2D eigenvalue weighted by Gasteiger charge is -2.32. The zero-order valence-corrected chi connectivity index (χ0v) is 15.8. The smallest absolute Gasteiger partial charge is 0.253 e. The average molecular weight is 375 g/mol. The van der Waals surface area contributed by atoms with Gasteiger partial charge in [-0.3, -0.25) is 4.79 Å². The molecular formula is C23H22FN3O. The molecule has 0 radical (unpaired) electrons. The number of aryl methyl sites for hydroxylation is 1. The van der Waals surface area contributed by atoms with E-state index in [1.807, 2.05) is 31.2 Å². The Morgan fingerprint density at radius 3 is 2.82 bits per heavy atom. The molecule has 1 aromatic heterocycles. The molecule has 0 saturated carbocycles. The molecule has 2 heterocycles. The summed E-state index contributed by atoms with van der Waals surface area (Å²) in [5.74, 6) is 0.336. The number of likely N-dealkylation sites (tertiary alicyclic amines) is 1. The second kappa shape index (κ2) is 7.89. The van der Waals surface area contributed by atoms with Crippen LogP contribution in [0.3, 0.4) is 0 Å². The maximum atomic E-state index is 13.5. The van der Waals surface area contributed by atoms with Crippen molar-refractivity contribution in [2.75, 3.05) is 13.1 Å². The van der Waals surface area contributed by atoms with E-state index in [2.05, 4.69) is 11.1 Å². The Morgan fingerprint density at radius 2 is 2.00 bits per heavy atom. The first-order chi connectivity index (χ1) is 13.6. The third-order valence-electron chi connectivity index (χ3n) is 5.15. The molecule has 4 nitrogen and oxygen atoms in total. The molecule has 0 N–H and O–H groups in total. The lowest BCUT2D eigenvalue weighted by molar-refractivity contribution is 0.0705. The van der Waals surface area contributed by atoms with Gasteiger partial charge in [0.25, 0.3) is 5.91 Å². The first kappa shape index (κ1) is 18.3. The molecule has 1 aliphatic rings. The van der Waals surface area contributed by atoms with E-state index in [1.165, 1.54) is 12.1 Å². The number of benzene rings is 2. The highest BCUT2D eigenvalue weighted by Gasteiger charge is 2.26. The highest BCUT2D eigenvalue weighted by Crippen LogP contribution is 2.28. The summed E-state index contributed by atoms with van der Waals surface area (Å²) in [4.78, 5) is 23.8. The fraction of sp³-hybridized carbons (Fsp3) is 0.261. The first-order valence-electron chi connectivity index (χ1n) is 9.55. The van der Waals surface area contributed by atoms with E-state index < -0.39 is 5.82 Å². The molecule has 5 heteroatoms. The Bertz CT molecular complexity index is 1000. The summed E-state index contributed by atoms with van der Waals surface area (Å²) in [7, 11) is 0. The number of halogens is 1. The maximum Gasteiger partial charge on any atom is 0.253 e. The van der Waals surface area contributed by atoms with Crippen LogP contribution < -0.4 is 0 Å². The summed E-state index contributed by atoms with van der Waals surface area (Å²) < 4.78 is 13.5. The number of carbonyl (C=O) groups is 1. The summed E-state index contributed by atoms with van der Waals surface area (Å²) in [5, 5.41) is 0. The number of hydrogen-bond donors (Lipinski definition) is 0. The predicted octanol–water partition coefficient (Wildman–Crippen LogP) is 4.61. The van der Waals surface area contributed by atoms with Crippen LogP contribution in [-0.4, -0.2) is 33.9 Å². The van der Waals surface area contributed by atoms with Gasteiger partial charge in [0, 0.05) is 42.0 Å². The molecule has 1 amide bonds. The van der Waals surface area contributed by atoms with Gasteiger partial charge < -0.3 is 4.90 Å². The molecule has 28 heavy (non-hydrogen) atoms. The minimum Gasteiger partial charge on any atom is -0.338 e. The highest BCUT2D eigenvalue weighted by atomic mass is 19.1. The van der Waals surface area contributed by atoms with Gasteiger partial charge in [-0.1, -0.05) is 29.8 Å². The second-order valence-electron chi connectivity index (χ2n) is 7.28. The van der Waals surface area contributed by atoms with Gasteiger partial charge in [-0.25, -0.2) is 14.4 Å². The number of nitrogens with zero attached hydrogens (tertiary/aromatic N) is 3. The van der Waals surface area contributed by atoms with E-state index in [9.17, 15) is 9.18 Å². The monoisotopic (exact) mass is 375 g/mol. The van der Waals surface area contributed by atoms with Crippen molar-refractivity contribution in [1.29, 1.82) is 0 Å². The molecule has 4 rings (SSSR count). The molecular weight excluding hydrogens is 353 g/mol. The van der Waals surface area contributed by atoms with Gasteiger partial charge >= 0.3 is 0 Å². The Kier molecular flexibility index (Phi) is 5.15. The summed E-state index contributed by atoms with van der Waals surface area (Å²) in [6.45, 7) is 3.31. The largest absolute Gasteiger partial charge is 0.338 e. The summed E-state index contributed by atoms with van der Waals surface area (Å²) >= 11 is 0. The number of amides is 1. The average Bonchev–Trinajstić information content (AvgIpc) is 2.73. The van der Waals surface area contributed by atoms with Crippen molar-refractivity contribution in [2.24, 2.45) is 0 Å². The molecule has 0 unspecified atom stereocenters. The van der Waals surface area contributed by atoms with Crippen molar-refractivity contribution < 1.29 is 9.18 Å². The Morgan fingerprint density at radius 1 is 1.14 bits per heavy atom. The Hall–Kier alpha value is -3.08. The number of piperidine rings is 1. The van der Waals surface area contributed by atoms with Crippen LogP contribution >= 0.6 is 0 Å². The lowest BCUT2D eigenvalue weighted by atomic mass is 9.94. The maximum absolute atomic E-state index is 13.5. The van der Waals surface area contributed by atoms with Crippen molar-refractivity contribution in [3.63, 3.8) is 0 Å². The third kappa shape index (κ3) is 3.93. The van der Waals surface area contributed by atoms with Crippen molar-refractivity contribution in [2.45, 2.75) is 25.7 Å². The van der Waals surface area contributed by atoms with Crippen LogP contribution in [0.1, 0.15) is 40.4 Å². The first-order valence-corrected chi connectivity index (χ1v) is 9.55. The zero-order chi connectivity index (χ0) is 19.5. The van der Waals surface area contributed by atoms with Crippen molar-refractivity contribution >= 4 is 5.91 Å². The number of aromatic nitrogens is 2. The highest BCUT2D eigenvalue weighted by molar-refractivity contribution is 5.94. The van der Waals surface area contributed by atoms with Crippen LogP contribution in [0.25, 0.3) is 11.4 Å². The van der Waals surface area contributed by atoms with Crippen LogP contribution in [0.5, 0.6) is 0 Å². The molecule has 0 bridgehead atoms. The van der Waals surface area contributed by atoms with Crippen molar-refractivity contribution in [1.82, 2.24) is 14.9 Å². The van der Waals surface area contributed by atoms with Gasteiger partial charge in [-0.05, 0) is 50.1 Å². The second-order valence-corrected chi connectivity index (χ2v) is 7.28. The zero-order valence-electron chi connectivity index (χ0n) is 15.8. The van der Waals surface area contributed by atoms with Crippen LogP contribution in [0.2, 0.25) is 0 Å². The fourth-order valence-electron chi connectivity index (χ4n) is 3.73. The van der Waals surface area contributed by atoms with Gasteiger partial charge in [0.15, 0.2) is 5.82 Å². The SMILES string of the molecule is Cc1cccc(-c2nccc([C@@H]3CCCN(C(=O)c4cccc(F)c4)C3)n2)c1. The number of hydrogen-bond acceptors (Lipinski definition) is 3. The van der Waals surface area contributed by atoms with Gasteiger partial charge in [0.1, 0.15) is 5.82 Å². The molecule has 0 aliphatic carbocycles. The van der Waals surface area contributed by atoms with E-state index in [0.717, 1.165) is 29.7 Å². The van der Waals surface area contributed by atoms with Gasteiger partial charge in [0.05, 0.1) is 0 Å². The molecule has 0 spiro atoms. The van der Waals surface area contributed by atoms with E-state index >= 15 is 0 Å². The van der Waals surface area contributed by atoms with Crippen molar-refractivity contribution in [3.05, 3.63) is 83.4 Å². The molecule has 3 aromatic rings. The van der Waals surface area contributed by atoms with E-state index in [1.54, 1.807) is 23.2 Å². The molecule has 1 atom stereocenters. The predicted molar refractivity (Wildman–Crippen MR) is 106 cm³/mol. The van der Waals surface area contributed by atoms with Gasteiger partial charge in [-0.15, -0.1) is 0 Å². The normalized spacial score (nSPS) is 16.8. The van der Waals surface area contributed by atoms with E-state index in [4.69, 9.17) is 4.98 Å². The quantitative estimate of drug-likeness (QED) is 0.671.